The van der Waals surface area contributed by atoms with Crippen LogP contribution in [0.3, 0.4) is 0 Å². The topological polar surface area (TPSA) is 121 Å². The van der Waals surface area contributed by atoms with E-state index in [1.807, 2.05) is 12.1 Å². The molecule has 0 spiro atoms. The average Bonchev–Trinajstić information content (AvgIpc) is 3.47. The van der Waals surface area contributed by atoms with Crippen molar-refractivity contribution in [3.63, 3.8) is 0 Å². The van der Waals surface area contributed by atoms with Crippen molar-refractivity contribution in [3.05, 3.63) is 22.9 Å². The van der Waals surface area contributed by atoms with Gasteiger partial charge in [0, 0.05) is 41.8 Å². The van der Waals surface area contributed by atoms with Gasteiger partial charge in [-0.25, -0.2) is 19.9 Å². The number of nitrogens with zero attached hydrogens (tertiary/aromatic N) is 6. The molecule has 1 aromatic carbocycles. The van der Waals surface area contributed by atoms with Crippen molar-refractivity contribution in [1.82, 2.24) is 24.4 Å². The number of hydrogen-bond acceptors (Lipinski definition) is 9. The Balaban J connectivity index is 1.21. The zero-order valence-electron chi connectivity index (χ0n) is 19.7. The Morgan fingerprint density at radius 1 is 1.11 bits per heavy atom. The minimum atomic E-state index is 0.00931. The third-order valence-electron chi connectivity index (χ3n) is 6.88. The fourth-order valence-electron chi connectivity index (χ4n) is 4.93. The van der Waals surface area contributed by atoms with Gasteiger partial charge in [0.15, 0.2) is 33.6 Å². The van der Waals surface area contributed by atoms with Gasteiger partial charge in [-0.3, -0.25) is 4.79 Å². The number of benzene rings is 1. The molecule has 0 bridgehead atoms. The molecule has 3 aromatic rings. The zero-order valence-corrected chi connectivity index (χ0v) is 22.1. The second-order valence-electron chi connectivity index (χ2n) is 9.15. The Kier molecular flexibility index (Phi) is 6.46. The summed E-state index contributed by atoms with van der Waals surface area (Å²) in [5, 5.41) is 0.811. The van der Waals surface area contributed by atoms with Crippen LogP contribution in [-0.4, -0.2) is 62.5 Å². The second kappa shape index (κ2) is 9.89. The predicted octanol–water partition coefficient (Wildman–Crippen LogP) is 3.91. The molecule has 188 valence electrons. The largest absolute Gasteiger partial charge is 0.486 e. The summed E-state index contributed by atoms with van der Waals surface area (Å²) in [5.41, 5.74) is 7.52. The lowest BCUT2D eigenvalue weighted by molar-refractivity contribution is -0.117. The van der Waals surface area contributed by atoms with Crippen molar-refractivity contribution in [3.8, 4) is 11.5 Å². The van der Waals surface area contributed by atoms with Crippen molar-refractivity contribution >= 4 is 56.4 Å². The molecule has 5 heterocycles. The molecule has 0 saturated carbocycles. The summed E-state index contributed by atoms with van der Waals surface area (Å²) < 4.78 is 14.5. The molecule has 1 amide bonds. The maximum Gasteiger partial charge on any atom is 0.247 e. The standard InChI is InChI=1S/C24H26BrN7O3S/c25-15-11-16-17(35-10-9-34-16)12-18(15)36-24-30-21-22(26)27-13-28-23(21)32(24)8-5-14-3-6-31(7-4-14)19-1-2-20(33)29-19/h11-14H,1-10H2,(H2,26,27,28). The minimum Gasteiger partial charge on any atom is -0.486 e. The number of fused-ring (bicyclic) bond motifs is 2. The molecule has 36 heavy (non-hydrogen) atoms. The number of aliphatic imine (C=N–C) groups is 1. The molecule has 3 aliphatic heterocycles. The number of carbonyl (C=O) groups is 1. The number of anilines is 1. The number of rotatable bonds is 5. The molecule has 0 unspecified atom stereocenters. The summed E-state index contributed by atoms with van der Waals surface area (Å²) in [4.78, 5) is 32.4. The van der Waals surface area contributed by atoms with Crippen LogP contribution in [-0.2, 0) is 11.3 Å². The number of ether oxygens (including phenoxy) is 2. The lowest BCUT2D eigenvalue weighted by atomic mass is 9.93. The molecular formula is C24H26BrN7O3S. The molecule has 12 heteroatoms. The highest BCUT2D eigenvalue weighted by Gasteiger charge is 2.26. The predicted molar refractivity (Wildman–Crippen MR) is 140 cm³/mol. The number of hydrogen-bond donors (Lipinski definition) is 1. The van der Waals surface area contributed by atoms with E-state index in [-0.39, 0.29) is 5.91 Å². The molecule has 0 radical (unpaired) electrons. The van der Waals surface area contributed by atoms with E-state index in [0.29, 0.717) is 36.9 Å². The van der Waals surface area contributed by atoms with E-state index in [2.05, 4.69) is 40.4 Å². The van der Waals surface area contributed by atoms with Gasteiger partial charge in [-0.05, 0) is 53.2 Å². The summed E-state index contributed by atoms with van der Waals surface area (Å²) in [5.74, 6) is 3.40. The first-order chi connectivity index (χ1) is 17.5. The highest BCUT2D eigenvalue weighted by Crippen LogP contribution is 2.42. The Labute approximate surface area is 220 Å². The van der Waals surface area contributed by atoms with E-state index >= 15 is 0 Å². The van der Waals surface area contributed by atoms with Crippen LogP contribution in [0.15, 0.2) is 38.0 Å². The minimum absolute atomic E-state index is 0.00931. The van der Waals surface area contributed by atoms with E-state index in [0.717, 1.165) is 82.8 Å². The van der Waals surface area contributed by atoms with Gasteiger partial charge >= 0.3 is 0 Å². The number of likely N-dealkylation sites (tertiary alicyclic amines) is 1. The van der Waals surface area contributed by atoms with E-state index in [1.54, 1.807) is 11.8 Å². The van der Waals surface area contributed by atoms with Crippen LogP contribution in [0.25, 0.3) is 11.2 Å². The van der Waals surface area contributed by atoms with E-state index in [1.165, 1.54) is 6.33 Å². The molecule has 10 nitrogen and oxygen atoms in total. The number of nitrogen functional groups attached to an aromatic ring is 1. The molecule has 3 aliphatic rings. The lowest BCUT2D eigenvalue weighted by Crippen LogP contribution is -2.37. The van der Waals surface area contributed by atoms with Gasteiger partial charge in [-0.1, -0.05) is 11.8 Å². The quantitative estimate of drug-likeness (QED) is 0.485. The summed E-state index contributed by atoms with van der Waals surface area (Å²) in [6.07, 6.45) is 5.98. The summed E-state index contributed by atoms with van der Waals surface area (Å²) in [6.45, 7) is 3.75. The first-order valence-corrected chi connectivity index (χ1v) is 13.7. The van der Waals surface area contributed by atoms with Gasteiger partial charge in [0.25, 0.3) is 0 Å². The maximum atomic E-state index is 11.5. The van der Waals surface area contributed by atoms with Crippen LogP contribution >= 0.6 is 27.7 Å². The van der Waals surface area contributed by atoms with Gasteiger partial charge in [-0.2, -0.15) is 0 Å². The van der Waals surface area contributed by atoms with Gasteiger partial charge in [0.1, 0.15) is 25.4 Å². The summed E-state index contributed by atoms with van der Waals surface area (Å²) in [6, 6.07) is 3.92. The molecule has 0 aliphatic carbocycles. The van der Waals surface area contributed by atoms with Crippen LogP contribution in [0.1, 0.15) is 32.1 Å². The first-order valence-electron chi connectivity index (χ1n) is 12.1. The smallest absolute Gasteiger partial charge is 0.247 e. The summed E-state index contributed by atoms with van der Waals surface area (Å²) in [7, 11) is 0. The van der Waals surface area contributed by atoms with Crippen LogP contribution in [0.2, 0.25) is 0 Å². The fourth-order valence-corrected chi connectivity index (χ4v) is 6.44. The molecule has 0 atom stereocenters. The van der Waals surface area contributed by atoms with E-state index in [9.17, 15) is 4.79 Å². The number of halogens is 1. The number of nitrogens with two attached hydrogens (primary N) is 1. The molecule has 2 aromatic heterocycles. The Bertz CT molecular complexity index is 1350. The SMILES string of the molecule is Nc1ncnc2c1nc(Sc1cc3c(cc1Br)OCCO3)n2CCC1CCN(C2=NC(=O)CC2)CC1. The molecule has 2 N–H and O–H groups in total. The Morgan fingerprint density at radius 3 is 2.64 bits per heavy atom. The Morgan fingerprint density at radius 2 is 1.89 bits per heavy atom. The van der Waals surface area contributed by atoms with Gasteiger partial charge < -0.3 is 24.7 Å². The first kappa shape index (κ1) is 23.5. The number of carbonyl (C=O) groups excluding carboxylic acids is 1. The van der Waals surface area contributed by atoms with Crippen molar-refractivity contribution in [1.29, 1.82) is 0 Å². The molecule has 6 rings (SSSR count). The van der Waals surface area contributed by atoms with Crippen molar-refractivity contribution < 1.29 is 14.3 Å². The number of aromatic nitrogens is 4. The van der Waals surface area contributed by atoms with E-state index in [4.69, 9.17) is 20.2 Å². The van der Waals surface area contributed by atoms with E-state index < -0.39 is 0 Å². The lowest BCUT2D eigenvalue weighted by Gasteiger charge is -2.33. The van der Waals surface area contributed by atoms with Crippen molar-refractivity contribution in [2.75, 3.05) is 32.0 Å². The fraction of sp³-hybridized carbons (Fsp3) is 0.458. The number of amidine groups is 1. The number of amides is 1. The second-order valence-corrected chi connectivity index (χ2v) is 11.0. The number of piperidine rings is 1. The number of imidazole rings is 1. The van der Waals surface area contributed by atoms with Gasteiger partial charge in [-0.15, -0.1) is 0 Å². The van der Waals surface area contributed by atoms with Crippen LogP contribution < -0.4 is 15.2 Å². The molecule has 1 saturated heterocycles. The van der Waals surface area contributed by atoms with Crippen LogP contribution in [0, 0.1) is 5.92 Å². The zero-order chi connectivity index (χ0) is 24.6. The molecule has 1 fully saturated rings. The normalized spacial score (nSPS) is 18.2. The maximum absolute atomic E-state index is 11.5. The monoisotopic (exact) mass is 571 g/mol. The third kappa shape index (κ3) is 4.63. The number of aryl methyl sites for hydroxylation is 1. The summed E-state index contributed by atoms with van der Waals surface area (Å²) >= 11 is 5.22. The van der Waals surface area contributed by atoms with Crippen molar-refractivity contribution in [2.45, 2.75) is 48.7 Å². The average molecular weight is 572 g/mol. The van der Waals surface area contributed by atoms with Crippen molar-refractivity contribution in [2.24, 2.45) is 10.9 Å². The third-order valence-corrected chi connectivity index (χ3v) is 8.85. The highest BCUT2D eigenvalue weighted by atomic mass is 79.9. The Hall–Kier alpha value is -2.86. The van der Waals surface area contributed by atoms with Crippen LogP contribution in [0.4, 0.5) is 5.82 Å². The highest BCUT2D eigenvalue weighted by molar-refractivity contribution is 9.10. The van der Waals surface area contributed by atoms with Gasteiger partial charge in [0.2, 0.25) is 5.91 Å². The van der Waals surface area contributed by atoms with Gasteiger partial charge in [0.05, 0.1) is 0 Å². The molecular weight excluding hydrogens is 546 g/mol. The van der Waals surface area contributed by atoms with Crippen LogP contribution in [0.5, 0.6) is 11.5 Å².